The van der Waals surface area contributed by atoms with Gasteiger partial charge in [-0.25, -0.2) is 0 Å². The average Bonchev–Trinajstić information content (AvgIpc) is 3.50. The van der Waals surface area contributed by atoms with Crippen LogP contribution in [0.2, 0.25) is 0 Å². The summed E-state index contributed by atoms with van der Waals surface area (Å²) in [6, 6.07) is 23.6. The molecule has 0 aromatic heterocycles. The number of carbonyl (C=O) groups is 4. The number of benzene rings is 4. The second kappa shape index (κ2) is 25.4. The summed E-state index contributed by atoms with van der Waals surface area (Å²) in [5.41, 5.74) is 9.89. The standard InChI is InChI=1S/C29H39N3O3.C27H35N5O4/c1-21(2)34-17-18-35-25-14-13-23-11-8-16-32(27(23)20-25)15-6-4-5-9-24-10-7-12-26-29(24)30-22(3)19-28(33)31-26;1-17(2)29-24(33)16-36-20-11-10-19-7-5-13-32(23(19)15-20)14-6-12-28-27(35)21-8-4-9-22-25(21)30-18(3)26(34)31-22/h5,7,9-10,12-14,20-22,30H,4,6,8,11,15-19H2,1-3H3,(H,31,33);4,8-11,15,17-18,30H,5-7,12-14,16H2,1-3H3,(H,28,35)(H,29,33)(H,31,34)/b9-5+;. The van der Waals surface area contributed by atoms with Gasteiger partial charge in [-0.15, -0.1) is 0 Å². The van der Waals surface area contributed by atoms with Gasteiger partial charge in [-0.2, -0.15) is 0 Å². The van der Waals surface area contributed by atoms with Gasteiger partial charge in [0.25, 0.3) is 11.8 Å². The molecule has 8 rings (SSSR count). The van der Waals surface area contributed by atoms with E-state index in [4.69, 9.17) is 14.2 Å². The minimum absolute atomic E-state index is 0.0104. The molecule has 0 radical (unpaired) electrons. The van der Waals surface area contributed by atoms with Crippen molar-refractivity contribution >= 4 is 63.8 Å². The quantitative estimate of drug-likeness (QED) is 0.0496. The number of fused-ring (bicyclic) bond motifs is 4. The lowest BCUT2D eigenvalue weighted by Crippen LogP contribution is -2.38. The van der Waals surface area contributed by atoms with E-state index >= 15 is 0 Å². The van der Waals surface area contributed by atoms with E-state index in [1.165, 1.54) is 23.2 Å². The van der Waals surface area contributed by atoms with Crippen LogP contribution in [-0.4, -0.2) is 100 Å². The van der Waals surface area contributed by atoms with Crippen molar-refractivity contribution in [2.24, 2.45) is 0 Å². The van der Waals surface area contributed by atoms with Crippen LogP contribution in [0.1, 0.15) is 107 Å². The Hall–Kier alpha value is -6.74. The average molecular weight is 971 g/mol. The predicted octanol–water partition coefficient (Wildman–Crippen LogP) is 8.79. The fourth-order valence-electron chi connectivity index (χ4n) is 9.31. The van der Waals surface area contributed by atoms with Gasteiger partial charge in [0.15, 0.2) is 6.61 Å². The summed E-state index contributed by atoms with van der Waals surface area (Å²) in [7, 11) is 0. The van der Waals surface area contributed by atoms with Crippen LogP contribution in [0.15, 0.2) is 78.9 Å². The van der Waals surface area contributed by atoms with Gasteiger partial charge >= 0.3 is 0 Å². The van der Waals surface area contributed by atoms with Crippen molar-refractivity contribution in [2.75, 3.05) is 83.6 Å². The number of nitrogens with zero attached hydrogens (tertiary/aromatic N) is 2. The van der Waals surface area contributed by atoms with Crippen molar-refractivity contribution in [1.29, 1.82) is 0 Å². The van der Waals surface area contributed by atoms with E-state index in [0.29, 0.717) is 48.9 Å². The number of ether oxygens (including phenoxy) is 3. The van der Waals surface area contributed by atoms with Crippen LogP contribution >= 0.6 is 0 Å². The molecule has 15 heteroatoms. The third-order valence-electron chi connectivity index (χ3n) is 12.7. The van der Waals surface area contributed by atoms with Crippen LogP contribution in [0.25, 0.3) is 6.08 Å². The summed E-state index contributed by atoms with van der Waals surface area (Å²) in [5.74, 6) is 1.23. The first-order chi connectivity index (χ1) is 34.3. The number of anilines is 6. The Kier molecular flexibility index (Phi) is 18.6. The maximum atomic E-state index is 12.9. The van der Waals surface area contributed by atoms with Crippen molar-refractivity contribution in [3.8, 4) is 11.5 Å². The molecule has 0 saturated heterocycles. The van der Waals surface area contributed by atoms with Crippen LogP contribution in [0.4, 0.5) is 34.1 Å². The molecular formula is C56H74N8O7. The number of hydrogen-bond acceptors (Lipinski definition) is 11. The van der Waals surface area contributed by atoms with E-state index in [9.17, 15) is 19.2 Å². The molecule has 0 bridgehead atoms. The van der Waals surface area contributed by atoms with Gasteiger partial charge in [0.1, 0.15) is 24.1 Å². The van der Waals surface area contributed by atoms with Crippen LogP contribution in [0.5, 0.6) is 11.5 Å². The molecule has 0 aliphatic carbocycles. The van der Waals surface area contributed by atoms with Gasteiger partial charge in [-0.05, 0) is 134 Å². The van der Waals surface area contributed by atoms with Crippen molar-refractivity contribution in [3.63, 3.8) is 0 Å². The van der Waals surface area contributed by atoms with E-state index < -0.39 is 6.04 Å². The number of allylic oxidation sites excluding steroid dienone is 1. The molecule has 71 heavy (non-hydrogen) atoms. The van der Waals surface area contributed by atoms with Crippen molar-refractivity contribution < 1.29 is 33.4 Å². The second-order valence-electron chi connectivity index (χ2n) is 19.3. The van der Waals surface area contributed by atoms with Crippen LogP contribution in [0, 0.1) is 0 Å². The Balaban J connectivity index is 0.000000209. The maximum absolute atomic E-state index is 12.9. The SMILES string of the molecule is CC(C)NC(=O)COc1ccc2c(c1)N(CCCNC(=O)c1cccc3c1NC(C)C(=O)N3)CCC2.CC1CC(=O)Nc2cccc(/C=C/CCCN3CCCc4ccc(OCCOC(C)C)cc43)c2N1. The summed E-state index contributed by atoms with van der Waals surface area (Å²) in [6.45, 7) is 17.3. The lowest BCUT2D eigenvalue weighted by Gasteiger charge is -2.32. The van der Waals surface area contributed by atoms with Crippen LogP contribution in [-0.2, 0) is 32.0 Å². The van der Waals surface area contributed by atoms with Crippen molar-refractivity contribution in [3.05, 3.63) is 101 Å². The number of aryl methyl sites for hydroxylation is 2. The van der Waals surface area contributed by atoms with E-state index in [-0.39, 0.29) is 48.4 Å². The van der Waals surface area contributed by atoms with Gasteiger partial charge in [0.05, 0.1) is 41.0 Å². The second-order valence-corrected chi connectivity index (χ2v) is 19.3. The smallest absolute Gasteiger partial charge is 0.258 e. The normalized spacial score (nSPS) is 17.0. The molecule has 15 nitrogen and oxygen atoms in total. The molecule has 4 aliphatic heterocycles. The molecule has 2 atom stereocenters. The molecule has 0 spiro atoms. The Labute approximate surface area is 419 Å². The number of para-hydroxylation sites is 2. The lowest BCUT2D eigenvalue weighted by molar-refractivity contribution is -0.123. The molecule has 380 valence electrons. The highest BCUT2D eigenvalue weighted by atomic mass is 16.5. The largest absolute Gasteiger partial charge is 0.491 e. The van der Waals surface area contributed by atoms with Gasteiger partial charge in [0.2, 0.25) is 11.8 Å². The summed E-state index contributed by atoms with van der Waals surface area (Å²) >= 11 is 0. The number of carbonyl (C=O) groups excluding carboxylic acids is 4. The summed E-state index contributed by atoms with van der Waals surface area (Å²) in [6.07, 6.45) is 12.4. The number of nitrogens with one attached hydrogen (secondary N) is 6. The van der Waals surface area contributed by atoms with Gasteiger partial charge in [-0.3, -0.25) is 19.2 Å². The summed E-state index contributed by atoms with van der Waals surface area (Å²) in [4.78, 5) is 53.5. The summed E-state index contributed by atoms with van der Waals surface area (Å²) in [5, 5.41) is 18.3. The Morgan fingerprint density at radius 3 is 2.13 bits per heavy atom. The van der Waals surface area contributed by atoms with Gasteiger partial charge < -0.3 is 55.9 Å². The molecule has 4 aromatic rings. The van der Waals surface area contributed by atoms with E-state index in [2.05, 4.69) is 84.2 Å². The minimum atomic E-state index is -0.399. The fraction of sp³-hybridized carbons (Fsp3) is 0.464. The van der Waals surface area contributed by atoms with E-state index in [1.807, 2.05) is 58.9 Å². The minimum Gasteiger partial charge on any atom is -0.491 e. The zero-order valence-electron chi connectivity index (χ0n) is 42.5. The highest BCUT2D eigenvalue weighted by Crippen LogP contribution is 2.35. The Bertz CT molecular complexity index is 2510. The fourth-order valence-corrected chi connectivity index (χ4v) is 9.31. The number of amides is 4. The molecule has 4 aromatic carbocycles. The van der Waals surface area contributed by atoms with E-state index in [1.54, 1.807) is 25.1 Å². The molecule has 4 heterocycles. The lowest BCUT2D eigenvalue weighted by atomic mass is 10.0. The molecule has 6 N–H and O–H groups in total. The van der Waals surface area contributed by atoms with Crippen molar-refractivity contribution in [1.82, 2.24) is 10.6 Å². The molecule has 2 unspecified atom stereocenters. The number of rotatable bonds is 19. The predicted molar refractivity (Wildman–Crippen MR) is 285 cm³/mol. The van der Waals surface area contributed by atoms with Crippen LogP contribution in [0.3, 0.4) is 0 Å². The first kappa shape index (κ1) is 52.1. The van der Waals surface area contributed by atoms with Gasteiger partial charge in [0, 0.05) is 74.7 Å². The Morgan fingerprint density at radius 2 is 1.44 bits per heavy atom. The molecule has 4 amide bonds. The highest BCUT2D eigenvalue weighted by molar-refractivity contribution is 6.09. The number of hydrogen-bond donors (Lipinski definition) is 6. The zero-order chi connectivity index (χ0) is 50.3. The molecule has 0 fully saturated rings. The molecule has 4 aliphatic rings. The third-order valence-corrected chi connectivity index (χ3v) is 12.7. The molecular weight excluding hydrogens is 897 g/mol. The van der Waals surface area contributed by atoms with E-state index in [0.717, 1.165) is 93.1 Å². The van der Waals surface area contributed by atoms with Crippen LogP contribution < -0.4 is 51.2 Å². The van der Waals surface area contributed by atoms with Crippen molar-refractivity contribution in [2.45, 2.75) is 117 Å². The topological polar surface area (TPSA) is 175 Å². The Morgan fingerprint density at radius 1 is 0.775 bits per heavy atom. The first-order valence-corrected chi connectivity index (χ1v) is 25.6. The first-order valence-electron chi connectivity index (χ1n) is 25.6. The van der Waals surface area contributed by atoms with Gasteiger partial charge in [-0.1, -0.05) is 42.5 Å². The number of unbranched alkanes of at least 4 members (excludes halogenated alkanes) is 1. The third kappa shape index (κ3) is 14.9. The highest BCUT2D eigenvalue weighted by Gasteiger charge is 2.26. The molecule has 0 saturated carbocycles. The summed E-state index contributed by atoms with van der Waals surface area (Å²) < 4.78 is 17.2. The zero-order valence-corrected chi connectivity index (χ0v) is 42.5. The maximum Gasteiger partial charge on any atom is 0.258 e. The monoisotopic (exact) mass is 971 g/mol.